The van der Waals surface area contributed by atoms with Crippen LogP contribution in [0.1, 0.15) is 49.3 Å². The van der Waals surface area contributed by atoms with Crippen LogP contribution in [0.5, 0.6) is 5.75 Å². The number of benzene rings is 3. The fraction of sp³-hybridized carbons (Fsp3) is 0.320. The van der Waals surface area contributed by atoms with Crippen molar-refractivity contribution in [3.63, 3.8) is 0 Å². The van der Waals surface area contributed by atoms with Crippen LogP contribution < -0.4 is 10.1 Å². The van der Waals surface area contributed by atoms with Crippen LogP contribution in [0.2, 0.25) is 0 Å². The van der Waals surface area contributed by atoms with Crippen LogP contribution in [0, 0.1) is 0 Å². The molecule has 0 heterocycles. The molecular weight excluding hydrogens is 362 g/mol. The number of ether oxygens (including phenoxy) is 1. The molecule has 0 spiro atoms. The Balaban J connectivity index is 1.38. The highest BCUT2D eigenvalue weighted by atomic mass is 16.5. The summed E-state index contributed by atoms with van der Waals surface area (Å²) in [6.07, 6.45) is 3.44. The van der Waals surface area contributed by atoms with E-state index in [4.69, 9.17) is 9.84 Å². The number of hydrogen-bond acceptors (Lipinski definition) is 3. The lowest BCUT2D eigenvalue weighted by Gasteiger charge is -2.21. The van der Waals surface area contributed by atoms with Crippen molar-refractivity contribution in [3.8, 4) is 5.75 Å². The average Bonchev–Trinajstić information content (AvgIpc) is 3.20. The van der Waals surface area contributed by atoms with Gasteiger partial charge in [0, 0.05) is 12.1 Å². The summed E-state index contributed by atoms with van der Waals surface area (Å²) in [4.78, 5) is 10.6. The van der Waals surface area contributed by atoms with Crippen molar-refractivity contribution in [2.24, 2.45) is 0 Å². The standard InChI is InChI=1S/C25H27NO3/c1-17(23-8-4-6-19-5-2-3-7-24(19)23)26-21-12-9-20(15-21)18-10-13-22(14-11-18)29-16-25(27)28/h2-8,10-11,13-14,17,20-21,26H,9,12,15-16H2,1H3,(H,27,28)/t17-,20+,21?/m1/s1. The maximum atomic E-state index is 10.6. The first kappa shape index (κ1) is 19.5. The highest BCUT2D eigenvalue weighted by molar-refractivity contribution is 5.86. The van der Waals surface area contributed by atoms with E-state index in [9.17, 15) is 4.79 Å². The maximum Gasteiger partial charge on any atom is 0.341 e. The molecule has 1 fully saturated rings. The van der Waals surface area contributed by atoms with E-state index in [0.717, 1.165) is 19.3 Å². The van der Waals surface area contributed by atoms with Crippen molar-refractivity contribution in [1.82, 2.24) is 5.32 Å². The molecule has 29 heavy (non-hydrogen) atoms. The van der Waals surface area contributed by atoms with Gasteiger partial charge >= 0.3 is 5.97 Å². The smallest absolute Gasteiger partial charge is 0.341 e. The third-order valence-electron chi connectivity index (χ3n) is 5.92. The Bertz CT molecular complexity index is 978. The average molecular weight is 389 g/mol. The zero-order chi connectivity index (χ0) is 20.2. The molecule has 1 aliphatic rings. The molecule has 4 rings (SSSR count). The summed E-state index contributed by atoms with van der Waals surface area (Å²) < 4.78 is 5.23. The molecule has 1 aliphatic carbocycles. The minimum atomic E-state index is -0.959. The molecule has 1 saturated carbocycles. The van der Waals surface area contributed by atoms with Crippen molar-refractivity contribution in [3.05, 3.63) is 77.9 Å². The normalized spacial score (nSPS) is 19.9. The van der Waals surface area contributed by atoms with E-state index >= 15 is 0 Å². The van der Waals surface area contributed by atoms with E-state index < -0.39 is 5.97 Å². The molecule has 3 atom stereocenters. The highest BCUT2D eigenvalue weighted by Crippen LogP contribution is 2.36. The number of carboxylic acids is 1. The van der Waals surface area contributed by atoms with Crippen molar-refractivity contribution < 1.29 is 14.6 Å². The monoisotopic (exact) mass is 389 g/mol. The van der Waals surface area contributed by atoms with Gasteiger partial charge in [-0.15, -0.1) is 0 Å². The zero-order valence-electron chi connectivity index (χ0n) is 16.7. The van der Waals surface area contributed by atoms with Gasteiger partial charge in [-0.05, 0) is 66.1 Å². The summed E-state index contributed by atoms with van der Waals surface area (Å²) in [5.74, 6) is 0.174. The van der Waals surface area contributed by atoms with Crippen molar-refractivity contribution in [2.45, 2.75) is 44.2 Å². The number of rotatable bonds is 7. The van der Waals surface area contributed by atoms with Crippen LogP contribution in [-0.2, 0) is 4.79 Å². The molecule has 4 nitrogen and oxygen atoms in total. The molecule has 2 N–H and O–H groups in total. The Hall–Kier alpha value is -2.85. The topological polar surface area (TPSA) is 58.6 Å². The highest BCUT2D eigenvalue weighted by Gasteiger charge is 2.27. The minimum Gasteiger partial charge on any atom is -0.482 e. The van der Waals surface area contributed by atoms with E-state index in [0.29, 0.717) is 23.8 Å². The maximum absolute atomic E-state index is 10.6. The summed E-state index contributed by atoms with van der Waals surface area (Å²) in [6.45, 7) is 1.95. The lowest BCUT2D eigenvalue weighted by atomic mass is 9.96. The van der Waals surface area contributed by atoms with Crippen molar-refractivity contribution in [1.29, 1.82) is 0 Å². The first-order chi connectivity index (χ1) is 14.1. The Morgan fingerprint density at radius 1 is 1.07 bits per heavy atom. The number of aliphatic carboxylic acids is 1. The van der Waals surface area contributed by atoms with E-state index in [2.05, 4.69) is 66.8 Å². The molecule has 0 aliphatic heterocycles. The fourth-order valence-electron chi connectivity index (χ4n) is 4.49. The second-order valence-corrected chi connectivity index (χ2v) is 7.92. The Morgan fingerprint density at radius 3 is 2.62 bits per heavy atom. The summed E-state index contributed by atoms with van der Waals surface area (Å²) in [5.41, 5.74) is 2.65. The Labute approximate surface area is 171 Å². The third kappa shape index (κ3) is 4.60. The number of fused-ring (bicyclic) bond motifs is 1. The van der Waals surface area contributed by atoms with Gasteiger partial charge < -0.3 is 15.2 Å². The second-order valence-electron chi connectivity index (χ2n) is 7.92. The molecule has 3 aromatic carbocycles. The van der Waals surface area contributed by atoms with Crippen LogP contribution >= 0.6 is 0 Å². The molecule has 1 unspecified atom stereocenters. The SMILES string of the molecule is C[C@@H](NC1CC[C@H](c2ccc(OCC(=O)O)cc2)C1)c1cccc2ccccc12. The van der Waals surface area contributed by atoms with Crippen LogP contribution in [-0.4, -0.2) is 23.7 Å². The van der Waals surface area contributed by atoms with Crippen LogP contribution in [0.25, 0.3) is 10.8 Å². The van der Waals surface area contributed by atoms with Gasteiger partial charge in [-0.3, -0.25) is 0 Å². The lowest BCUT2D eigenvalue weighted by Crippen LogP contribution is -2.29. The van der Waals surface area contributed by atoms with E-state index in [1.165, 1.54) is 21.9 Å². The number of carbonyl (C=O) groups is 1. The van der Waals surface area contributed by atoms with Gasteiger partial charge in [0.25, 0.3) is 0 Å². The van der Waals surface area contributed by atoms with Gasteiger partial charge in [-0.2, -0.15) is 0 Å². The van der Waals surface area contributed by atoms with E-state index in [1.807, 2.05) is 12.1 Å². The van der Waals surface area contributed by atoms with Crippen LogP contribution in [0.15, 0.2) is 66.7 Å². The van der Waals surface area contributed by atoms with Crippen molar-refractivity contribution >= 4 is 16.7 Å². The number of nitrogens with one attached hydrogen (secondary N) is 1. The van der Waals surface area contributed by atoms with Gasteiger partial charge in [0.05, 0.1) is 0 Å². The van der Waals surface area contributed by atoms with E-state index in [1.54, 1.807) is 0 Å². The third-order valence-corrected chi connectivity index (χ3v) is 5.92. The lowest BCUT2D eigenvalue weighted by molar-refractivity contribution is -0.139. The number of carboxylic acid groups (broad SMARTS) is 1. The second kappa shape index (κ2) is 8.66. The largest absolute Gasteiger partial charge is 0.482 e. The Kier molecular flexibility index (Phi) is 5.81. The van der Waals surface area contributed by atoms with Gasteiger partial charge in [-0.1, -0.05) is 54.6 Å². The van der Waals surface area contributed by atoms with Crippen LogP contribution in [0.4, 0.5) is 0 Å². The van der Waals surface area contributed by atoms with Gasteiger partial charge in [-0.25, -0.2) is 4.79 Å². The summed E-state index contributed by atoms with van der Waals surface area (Å²) in [6, 6.07) is 23.8. The first-order valence-electron chi connectivity index (χ1n) is 10.3. The van der Waals surface area contributed by atoms with Gasteiger partial charge in [0.1, 0.15) is 5.75 Å². The molecule has 0 radical (unpaired) electrons. The molecule has 150 valence electrons. The molecule has 0 aromatic heterocycles. The summed E-state index contributed by atoms with van der Waals surface area (Å²) in [7, 11) is 0. The van der Waals surface area contributed by atoms with Crippen LogP contribution in [0.3, 0.4) is 0 Å². The summed E-state index contributed by atoms with van der Waals surface area (Å²) in [5, 5.41) is 15.2. The molecule has 0 bridgehead atoms. The molecule has 4 heteroatoms. The predicted octanol–water partition coefficient (Wildman–Crippen LogP) is 5.29. The number of hydrogen-bond donors (Lipinski definition) is 2. The van der Waals surface area contributed by atoms with Gasteiger partial charge in [0.15, 0.2) is 6.61 Å². The zero-order valence-corrected chi connectivity index (χ0v) is 16.7. The van der Waals surface area contributed by atoms with E-state index in [-0.39, 0.29) is 6.61 Å². The van der Waals surface area contributed by atoms with Crippen molar-refractivity contribution in [2.75, 3.05) is 6.61 Å². The predicted molar refractivity (Wildman–Crippen MR) is 115 cm³/mol. The minimum absolute atomic E-state index is 0.302. The molecule has 3 aromatic rings. The van der Waals surface area contributed by atoms with Gasteiger partial charge in [0.2, 0.25) is 0 Å². The molecular formula is C25H27NO3. The fourth-order valence-corrected chi connectivity index (χ4v) is 4.49. The molecule has 0 saturated heterocycles. The first-order valence-corrected chi connectivity index (χ1v) is 10.3. The Morgan fingerprint density at radius 2 is 1.83 bits per heavy atom. The molecule has 0 amide bonds. The quantitative estimate of drug-likeness (QED) is 0.576. The summed E-state index contributed by atoms with van der Waals surface area (Å²) >= 11 is 0.